The fraction of sp³-hybridized carbons (Fsp3) is 0.542. The Balaban J connectivity index is 1.39. The summed E-state index contributed by atoms with van der Waals surface area (Å²) in [4.78, 5) is 211. The van der Waals surface area contributed by atoms with Crippen LogP contribution in [0.4, 0.5) is 0 Å². The molecule has 20 N–H and O–H groups in total. The average molecular weight is 1480 g/mol. The molecule has 12 atom stereocenters. The highest BCUT2D eigenvalue weighted by molar-refractivity contribution is 6.00. The number of aromatic nitrogens is 4. The monoisotopic (exact) mass is 1480 g/mol. The van der Waals surface area contributed by atoms with E-state index in [2.05, 4.69) is 89.1 Å². The molecule has 4 heterocycles. The van der Waals surface area contributed by atoms with Crippen molar-refractivity contribution in [3.05, 3.63) is 90.3 Å². The quantitative estimate of drug-likeness (QED) is 0.0468. The zero-order valence-corrected chi connectivity index (χ0v) is 61.7. The maximum Gasteiger partial charge on any atom is 0.303 e. The second-order valence-corrected chi connectivity index (χ2v) is 29.0. The van der Waals surface area contributed by atoms with Gasteiger partial charge in [-0.15, -0.1) is 0 Å². The summed E-state index contributed by atoms with van der Waals surface area (Å²) in [6, 6.07) is -2.03. The van der Waals surface area contributed by atoms with Gasteiger partial charge in [-0.1, -0.05) is 77.9 Å². The predicted molar refractivity (Wildman–Crippen MR) is 389 cm³/mol. The van der Waals surface area contributed by atoms with E-state index in [1.165, 1.54) is 26.4 Å². The van der Waals surface area contributed by atoms with Gasteiger partial charge < -0.3 is 100 Å². The van der Waals surface area contributed by atoms with Crippen LogP contribution < -0.4 is 74.9 Å². The molecule has 106 heavy (non-hydrogen) atoms. The van der Waals surface area contributed by atoms with E-state index in [9.17, 15) is 77.3 Å². The molecule has 5 aromatic rings. The molecular weight excluding hydrogens is 1370 g/mol. The number of nitrogens with zero attached hydrogens (tertiary/aromatic N) is 1. The summed E-state index contributed by atoms with van der Waals surface area (Å²) < 4.78 is 0. The number of primary amides is 1. The van der Waals surface area contributed by atoms with Crippen LogP contribution in [0.25, 0.3) is 21.8 Å². The van der Waals surface area contributed by atoms with E-state index in [0.717, 1.165) is 0 Å². The van der Waals surface area contributed by atoms with E-state index >= 15 is 0 Å². The number of hydrogen-bond acceptors (Lipinski definition) is 17. The van der Waals surface area contributed by atoms with Crippen molar-refractivity contribution in [3.63, 3.8) is 0 Å². The molecule has 1 fully saturated rings. The van der Waals surface area contributed by atoms with Gasteiger partial charge in [-0.25, -0.2) is 4.98 Å². The number of carboxylic acids is 1. The fourth-order valence-corrected chi connectivity index (χ4v) is 12.1. The fourth-order valence-electron chi connectivity index (χ4n) is 12.1. The van der Waals surface area contributed by atoms with E-state index in [-0.39, 0.29) is 63.3 Å². The van der Waals surface area contributed by atoms with Crippen molar-refractivity contribution in [1.29, 1.82) is 0 Å². The van der Waals surface area contributed by atoms with E-state index < -0.39 is 193 Å². The molecule has 6 rings (SSSR count). The number of carbonyl (C=O) groups excluding carboxylic acids is 13. The Morgan fingerprint density at radius 2 is 1.09 bits per heavy atom. The standard InChI is InChI=1S/C72H104N18O16/c1-36(2)25-50-63(98)78-34-57(93)81-49(22-23-58(94)95)64(99)85-51(26-37(3)4)69(104)88-59(38(5)6)71(106)87-53(28-42-32-77-47-20-15-13-18-45(42)47)66(101)82-48(65(100)89-60(40(8)91)61(73)96)21-16-24-75-56(92)30-55(90-72(9,10)11)70(105)80-39(7)62(97)83-52(27-41-31-76-46-19-14-12-17-44(41)46)67(102)86-54(68(103)84-50)29-43-33-74-35-79-43/h12-15,17-20,31-33,35-40,48-55,59-60,76-77,90-91H,16,21-30,34H2,1-11H3,(H2,73,96)(H,74,79)(H,75,92)(H,78,98)(H,80,105)(H,81,93)(H,82,101)(H,83,97)(H,84,103)(H,85,99)(H,86,102)(H,87,106)(H,88,104)(H,89,100)(H,94,95)/t39-,40+,48-,49-,50-,51-,52-,53-,54-,55-,59?,60-/m0/s1. The number of benzene rings is 2. The Labute approximate surface area is 613 Å². The van der Waals surface area contributed by atoms with Crippen LogP contribution >= 0.6 is 0 Å². The number of nitrogens with one attached hydrogen (secondary N) is 16. The van der Waals surface area contributed by atoms with Crippen molar-refractivity contribution in [3.8, 4) is 0 Å². The Bertz CT molecular complexity index is 3920. The van der Waals surface area contributed by atoms with Gasteiger partial charge in [0, 0.05) is 83.9 Å². The summed E-state index contributed by atoms with van der Waals surface area (Å²) in [6.07, 6.45) is 1.79. The summed E-state index contributed by atoms with van der Waals surface area (Å²) >= 11 is 0. The minimum absolute atomic E-state index is 0.0133. The van der Waals surface area contributed by atoms with Crippen LogP contribution in [0.1, 0.15) is 138 Å². The number of aliphatic hydroxyl groups is 1. The largest absolute Gasteiger partial charge is 0.481 e. The minimum Gasteiger partial charge on any atom is -0.481 e. The molecule has 2 aromatic carbocycles. The van der Waals surface area contributed by atoms with E-state index in [1.54, 1.807) is 123 Å². The van der Waals surface area contributed by atoms with Gasteiger partial charge in [-0.3, -0.25) is 67.1 Å². The number of amides is 13. The predicted octanol–water partition coefficient (Wildman–Crippen LogP) is -1.08. The number of nitrogens with two attached hydrogens (primary N) is 1. The van der Waals surface area contributed by atoms with Gasteiger partial charge in [0.05, 0.1) is 31.4 Å². The lowest BCUT2D eigenvalue weighted by molar-refractivity contribution is -0.138. The highest BCUT2D eigenvalue weighted by atomic mass is 16.4. The number of hydrogen-bond donors (Lipinski definition) is 19. The third-order valence-electron chi connectivity index (χ3n) is 17.5. The van der Waals surface area contributed by atoms with Gasteiger partial charge in [0.1, 0.15) is 60.4 Å². The first-order chi connectivity index (χ1) is 50.0. The summed E-state index contributed by atoms with van der Waals surface area (Å²) in [6.45, 7) is 17.0. The molecule has 0 saturated carbocycles. The first kappa shape index (κ1) is 84.2. The summed E-state index contributed by atoms with van der Waals surface area (Å²) in [5.74, 6) is -14.5. The van der Waals surface area contributed by atoms with Crippen LogP contribution in [0.3, 0.4) is 0 Å². The van der Waals surface area contributed by atoms with Crippen LogP contribution in [0.15, 0.2) is 73.4 Å². The lowest BCUT2D eigenvalue weighted by Gasteiger charge is -2.29. The first-order valence-electron chi connectivity index (χ1n) is 35.6. The molecule has 0 spiro atoms. The molecule has 578 valence electrons. The lowest BCUT2D eigenvalue weighted by Crippen LogP contribution is -2.61. The average Bonchev–Trinajstić information content (AvgIpc) is 1.64. The molecule has 0 bridgehead atoms. The van der Waals surface area contributed by atoms with E-state index in [1.807, 2.05) is 0 Å². The van der Waals surface area contributed by atoms with E-state index in [0.29, 0.717) is 38.6 Å². The maximum atomic E-state index is 14.9. The minimum atomic E-state index is -1.65. The Morgan fingerprint density at radius 1 is 0.585 bits per heavy atom. The van der Waals surface area contributed by atoms with Gasteiger partial charge >= 0.3 is 5.97 Å². The topological polar surface area (TPSA) is 522 Å². The van der Waals surface area contributed by atoms with Crippen molar-refractivity contribution in [2.45, 2.75) is 218 Å². The van der Waals surface area contributed by atoms with Crippen LogP contribution in [0.5, 0.6) is 0 Å². The van der Waals surface area contributed by atoms with Crippen LogP contribution in [-0.2, 0) is 86.4 Å². The lowest BCUT2D eigenvalue weighted by atomic mass is 9.98. The van der Waals surface area contributed by atoms with Crippen molar-refractivity contribution < 1.29 is 77.3 Å². The summed E-state index contributed by atoms with van der Waals surface area (Å²) in [7, 11) is 0. The number of aliphatic carboxylic acids is 1. The second kappa shape index (κ2) is 39.4. The van der Waals surface area contributed by atoms with Gasteiger partial charge in [0.25, 0.3) is 0 Å². The number of carboxylic acid groups (broad SMARTS) is 1. The van der Waals surface area contributed by atoms with Crippen LogP contribution in [0.2, 0.25) is 0 Å². The van der Waals surface area contributed by atoms with Crippen molar-refractivity contribution in [2.75, 3.05) is 13.1 Å². The Kier molecular flexibility index (Phi) is 31.3. The number of H-pyrrole nitrogens is 3. The Hall–Kier alpha value is -10.8. The third-order valence-corrected chi connectivity index (χ3v) is 17.5. The van der Waals surface area contributed by atoms with Gasteiger partial charge in [0.2, 0.25) is 76.8 Å². The molecule has 13 amide bonds. The zero-order chi connectivity index (χ0) is 78.3. The van der Waals surface area contributed by atoms with Crippen LogP contribution in [-0.4, -0.2) is 204 Å². The number of aromatic amines is 3. The van der Waals surface area contributed by atoms with Gasteiger partial charge in [-0.05, 0) is 108 Å². The molecule has 1 aliphatic rings. The molecule has 1 unspecified atom stereocenters. The molecule has 3 aromatic heterocycles. The number of rotatable bonds is 19. The van der Waals surface area contributed by atoms with Crippen molar-refractivity contribution in [1.82, 2.24) is 89.1 Å². The second-order valence-electron chi connectivity index (χ2n) is 29.0. The number of imidazole rings is 1. The zero-order valence-electron chi connectivity index (χ0n) is 61.7. The maximum absolute atomic E-state index is 14.9. The normalized spacial score (nSPS) is 23.5. The van der Waals surface area contributed by atoms with Gasteiger partial charge in [-0.2, -0.15) is 0 Å². The first-order valence-corrected chi connectivity index (χ1v) is 35.6. The van der Waals surface area contributed by atoms with E-state index in [4.69, 9.17) is 5.73 Å². The molecule has 34 heteroatoms. The number of carbonyl (C=O) groups is 14. The SMILES string of the molecule is CC(C)C[C@@H]1NC(=O)[C@H](Cc2cnc[nH]2)NC(=O)[C@H](Cc2c[nH]c3ccccc23)NC(=O)[C@H](C)NC(=O)[C@@H](NC(C)(C)C)CC(=O)NCCC[C@@H](C(=O)N[C@H](C(N)=O)[C@@H](C)O)NC(=O)[C@H](Cc2c[nH]c3ccccc23)NC(=O)C(C(C)C)NC(=O)[C@H](CC(C)C)NC(=O)[C@H](CCC(=O)O)NC(=O)CNC1=O. The summed E-state index contributed by atoms with van der Waals surface area (Å²) in [5.41, 5.74) is 7.60. The van der Waals surface area contributed by atoms with Crippen molar-refractivity contribution in [2.24, 2.45) is 23.5 Å². The molecule has 0 radical (unpaired) electrons. The molecular formula is C72H104N18O16. The molecule has 1 saturated heterocycles. The Morgan fingerprint density at radius 3 is 1.61 bits per heavy atom. The smallest absolute Gasteiger partial charge is 0.303 e. The number of fused-ring (bicyclic) bond motifs is 2. The molecule has 1 aliphatic heterocycles. The summed E-state index contributed by atoms with van der Waals surface area (Å²) in [5, 5.41) is 56.3. The van der Waals surface area contributed by atoms with Crippen molar-refractivity contribution >= 4 is 105 Å². The highest BCUT2D eigenvalue weighted by Crippen LogP contribution is 2.22. The number of aliphatic hydroxyl groups excluding tert-OH is 1. The highest BCUT2D eigenvalue weighted by Gasteiger charge is 2.38. The molecule has 34 nitrogen and oxygen atoms in total. The van der Waals surface area contributed by atoms with Crippen LogP contribution in [0, 0.1) is 17.8 Å². The van der Waals surface area contributed by atoms with Gasteiger partial charge in [0.15, 0.2) is 0 Å². The number of para-hydroxylation sites is 2. The molecule has 0 aliphatic carbocycles. The third kappa shape index (κ3) is 26.1.